The number of amides is 1. The number of anilines is 1. The van der Waals surface area contributed by atoms with E-state index in [9.17, 15) is 4.79 Å². The Kier molecular flexibility index (Phi) is 5.86. The molecular weight excluding hydrogens is 252 g/mol. The standard InChI is InChI=1S/C16H26N2O2/c1-12(2)11-20-14-8-6-13(7-9-14)17-10-15(19)18-16(3,4)5/h6-9,12,17H,10-11H2,1-5H3,(H,18,19). The number of hydrogen-bond acceptors (Lipinski definition) is 3. The van der Waals surface area contributed by atoms with Gasteiger partial charge in [0.05, 0.1) is 13.2 Å². The van der Waals surface area contributed by atoms with Crippen LogP contribution in [0, 0.1) is 5.92 Å². The van der Waals surface area contributed by atoms with E-state index in [0.717, 1.165) is 11.4 Å². The first-order valence-corrected chi connectivity index (χ1v) is 7.04. The van der Waals surface area contributed by atoms with Gasteiger partial charge >= 0.3 is 0 Å². The van der Waals surface area contributed by atoms with Crippen molar-refractivity contribution in [2.24, 2.45) is 5.92 Å². The largest absolute Gasteiger partial charge is 0.493 e. The highest BCUT2D eigenvalue weighted by molar-refractivity contribution is 5.81. The summed E-state index contributed by atoms with van der Waals surface area (Å²) in [6.07, 6.45) is 0. The Bertz CT molecular complexity index is 419. The van der Waals surface area contributed by atoms with Crippen molar-refractivity contribution in [2.75, 3.05) is 18.5 Å². The maximum atomic E-state index is 11.7. The normalized spacial score (nSPS) is 11.3. The Hall–Kier alpha value is -1.71. The second-order valence-corrected chi connectivity index (χ2v) is 6.38. The minimum atomic E-state index is -0.201. The first-order valence-electron chi connectivity index (χ1n) is 7.04. The second kappa shape index (κ2) is 7.17. The summed E-state index contributed by atoms with van der Waals surface area (Å²) >= 11 is 0. The van der Waals surface area contributed by atoms with Crippen molar-refractivity contribution in [3.8, 4) is 5.75 Å². The minimum Gasteiger partial charge on any atom is -0.493 e. The maximum absolute atomic E-state index is 11.7. The van der Waals surface area contributed by atoms with Gasteiger partial charge in [0.1, 0.15) is 5.75 Å². The number of benzene rings is 1. The van der Waals surface area contributed by atoms with Crippen molar-refractivity contribution >= 4 is 11.6 Å². The van der Waals surface area contributed by atoms with E-state index in [1.807, 2.05) is 45.0 Å². The first kappa shape index (κ1) is 16.3. The van der Waals surface area contributed by atoms with Gasteiger partial charge in [0.25, 0.3) is 0 Å². The average Bonchev–Trinajstić information content (AvgIpc) is 2.33. The molecule has 1 aromatic carbocycles. The summed E-state index contributed by atoms with van der Waals surface area (Å²) in [5, 5.41) is 6.00. The molecule has 0 aliphatic rings. The van der Waals surface area contributed by atoms with Crippen molar-refractivity contribution < 1.29 is 9.53 Å². The Morgan fingerprint density at radius 1 is 1.20 bits per heavy atom. The highest BCUT2D eigenvalue weighted by Crippen LogP contribution is 2.16. The summed E-state index contributed by atoms with van der Waals surface area (Å²) in [6.45, 7) is 11.1. The van der Waals surface area contributed by atoms with E-state index in [-0.39, 0.29) is 18.0 Å². The first-order chi connectivity index (χ1) is 9.26. The van der Waals surface area contributed by atoms with E-state index in [1.54, 1.807) is 0 Å². The summed E-state index contributed by atoms with van der Waals surface area (Å²) in [5.74, 6) is 1.34. The summed E-state index contributed by atoms with van der Waals surface area (Å²) in [6, 6.07) is 7.65. The molecule has 0 aromatic heterocycles. The molecule has 0 atom stereocenters. The maximum Gasteiger partial charge on any atom is 0.239 e. The third kappa shape index (κ3) is 7.02. The number of rotatable bonds is 6. The number of carbonyl (C=O) groups is 1. The number of ether oxygens (including phenoxy) is 1. The summed E-state index contributed by atoms with van der Waals surface area (Å²) < 4.78 is 5.61. The van der Waals surface area contributed by atoms with E-state index in [2.05, 4.69) is 24.5 Å². The van der Waals surface area contributed by atoms with E-state index in [4.69, 9.17) is 4.74 Å². The Morgan fingerprint density at radius 3 is 2.30 bits per heavy atom. The van der Waals surface area contributed by atoms with Crippen LogP contribution < -0.4 is 15.4 Å². The number of hydrogen-bond donors (Lipinski definition) is 2. The zero-order chi connectivity index (χ0) is 15.2. The molecule has 0 aliphatic heterocycles. The molecule has 112 valence electrons. The fourth-order valence-corrected chi connectivity index (χ4v) is 1.58. The zero-order valence-electron chi connectivity index (χ0n) is 13.1. The van der Waals surface area contributed by atoms with Crippen LogP contribution in [0.15, 0.2) is 24.3 Å². The van der Waals surface area contributed by atoms with Crippen molar-refractivity contribution in [3.63, 3.8) is 0 Å². The summed E-state index contributed by atoms with van der Waals surface area (Å²) in [4.78, 5) is 11.7. The summed E-state index contributed by atoms with van der Waals surface area (Å²) in [7, 11) is 0. The van der Waals surface area contributed by atoms with E-state index < -0.39 is 0 Å². The lowest BCUT2D eigenvalue weighted by Gasteiger charge is -2.20. The Balaban J connectivity index is 2.40. The Labute approximate surface area is 121 Å². The molecule has 0 fully saturated rings. The lowest BCUT2D eigenvalue weighted by Crippen LogP contribution is -2.43. The van der Waals surface area contributed by atoms with E-state index in [0.29, 0.717) is 12.5 Å². The van der Waals surface area contributed by atoms with Crippen LogP contribution in [-0.2, 0) is 4.79 Å². The van der Waals surface area contributed by atoms with Gasteiger partial charge in [-0.1, -0.05) is 13.8 Å². The van der Waals surface area contributed by atoms with Crippen molar-refractivity contribution in [1.82, 2.24) is 5.32 Å². The van der Waals surface area contributed by atoms with E-state index >= 15 is 0 Å². The molecule has 0 unspecified atom stereocenters. The predicted octanol–water partition coefficient (Wildman–Crippen LogP) is 3.05. The van der Waals surface area contributed by atoms with E-state index in [1.165, 1.54) is 0 Å². The summed E-state index contributed by atoms with van der Waals surface area (Å²) in [5.41, 5.74) is 0.707. The molecule has 2 N–H and O–H groups in total. The van der Waals surface area contributed by atoms with Crippen molar-refractivity contribution in [3.05, 3.63) is 24.3 Å². The van der Waals surface area contributed by atoms with Crippen LogP contribution in [0.25, 0.3) is 0 Å². The van der Waals surface area contributed by atoms with Gasteiger partial charge in [0.2, 0.25) is 5.91 Å². The second-order valence-electron chi connectivity index (χ2n) is 6.38. The molecule has 4 nitrogen and oxygen atoms in total. The fraction of sp³-hybridized carbons (Fsp3) is 0.562. The molecule has 0 saturated heterocycles. The van der Waals surface area contributed by atoms with Gasteiger partial charge in [-0.15, -0.1) is 0 Å². The predicted molar refractivity (Wildman–Crippen MR) is 83.2 cm³/mol. The third-order valence-electron chi connectivity index (χ3n) is 2.41. The molecule has 0 radical (unpaired) electrons. The molecule has 1 aromatic rings. The topological polar surface area (TPSA) is 50.4 Å². The number of nitrogens with one attached hydrogen (secondary N) is 2. The molecule has 0 saturated carbocycles. The van der Waals surface area contributed by atoms with Gasteiger partial charge in [0, 0.05) is 11.2 Å². The molecule has 0 spiro atoms. The lowest BCUT2D eigenvalue weighted by molar-refractivity contribution is -0.120. The molecular formula is C16H26N2O2. The van der Waals surface area contributed by atoms with Crippen molar-refractivity contribution in [2.45, 2.75) is 40.2 Å². The number of carbonyl (C=O) groups excluding carboxylic acids is 1. The van der Waals surface area contributed by atoms with Gasteiger partial charge < -0.3 is 15.4 Å². The quantitative estimate of drug-likeness (QED) is 0.841. The van der Waals surface area contributed by atoms with Gasteiger partial charge in [-0.25, -0.2) is 0 Å². The van der Waals surface area contributed by atoms with Crippen LogP contribution >= 0.6 is 0 Å². The molecule has 1 amide bonds. The fourth-order valence-electron chi connectivity index (χ4n) is 1.58. The average molecular weight is 278 g/mol. The van der Waals surface area contributed by atoms with Crippen LogP contribution in [0.2, 0.25) is 0 Å². The van der Waals surface area contributed by atoms with Crippen LogP contribution in [0.3, 0.4) is 0 Å². The Morgan fingerprint density at radius 2 is 1.80 bits per heavy atom. The van der Waals surface area contributed by atoms with Crippen molar-refractivity contribution in [1.29, 1.82) is 0 Å². The van der Waals surface area contributed by atoms with Gasteiger partial charge in [0.15, 0.2) is 0 Å². The molecule has 20 heavy (non-hydrogen) atoms. The highest BCUT2D eigenvalue weighted by atomic mass is 16.5. The zero-order valence-corrected chi connectivity index (χ0v) is 13.1. The smallest absolute Gasteiger partial charge is 0.239 e. The molecule has 0 aliphatic carbocycles. The van der Waals surface area contributed by atoms with Crippen LogP contribution in [0.4, 0.5) is 5.69 Å². The SMILES string of the molecule is CC(C)COc1ccc(NCC(=O)NC(C)(C)C)cc1. The van der Waals surface area contributed by atoms with Gasteiger partial charge in [-0.05, 0) is 51.0 Å². The molecule has 0 heterocycles. The molecule has 1 rings (SSSR count). The molecule has 0 bridgehead atoms. The van der Waals surface area contributed by atoms with Crippen LogP contribution in [0.5, 0.6) is 5.75 Å². The minimum absolute atomic E-state index is 0.0161. The lowest BCUT2D eigenvalue weighted by atomic mass is 10.1. The molecule has 4 heteroatoms. The highest BCUT2D eigenvalue weighted by Gasteiger charge is 2.12. The van der Waals surface area contributed by atoms with Crippen LogP contribution in [-0.4, -0.2) is 24.6 Å². The van der Waals surface area contributed by atoms with Gasteiger partial charge in [-0.2, -0.15) is 0 Å². The van der Waals surface area contributed by atoms with Gasteiger partial charge in [-0.3, -0.25) is 4.79 Å². The van der Waals surface area contributed by atoms with Crippen LogP contribution in [0.1, 0.15) is 34.6 Å². The monoisotopic (exact) mass is 278 g/mol. The third-order valence-corrected chi connectivity index (χ3v) is 2.41.